The molecule has 1 saturated carbocycles. The van der Waals surface area contributed by atoms with Crippen molar-refractivity contribution in [3.63, 3.8) is 0 Å². The van der Waals surface area contributed by atoms with Gasteiger partial charge in [-0.25, -0.2) is 0 Å². The van der Waals surface area contributed by atoms with Gasteiger partial charge in [0.05, 0.1) is 3.39 Å². The normalized spacial score (nSPS) is 28.2. The van der Waals surface area contributed by atoms with Crippen molar-refractivity contribution in [1.29, 1.82) is 0 Å². The number of hydrogen-bond acceptors (Lipinski definition) is 1. The fourth-order valence-corrected chi connectivity index (χ4v) is 2.66. The van der Waals surface area contributed by atoms with Crippen LogP contribution in [0.25, 0.3) is 0 Å². The van der Waals surface area contributed by atoms with Gasteiger partial charge in [-0.3, -0.25) is 4.79 Å². The van der Waals surface area contributed by atoms with Gasteiger partial charge in [0.15, 0.2) is 0 Å². The first-order valence-electron chi connectivity index (χ1n) is 4.31. The number of allylic oxidation sites excluding steroid dienone is 1. The third kappa shape index (κ3) is 4.13. The van der Waals surface area contributed by atoms with Gasteiger partial charge in [0.25, 0.3) is 0 Å². The van der Waals surface area contributed by atoms with Crippen LogP contribution in [0.2, 0.25) is 0 Å². The van der Waals surface area contributed by atoms with Crippen LogP contribution in [0.1, 0.15) is 25.7 Å². The summed E-state index contributed by atoms with van der Waals surface area (Å²) in [7, 11) is 0. The van der Waals surface area contributed by atoms with Crippen LogP contribution in [0.4, 0.5) is 0 Å². The smallest absolute Gasteiger partial charge is 0.224 e. The van der Waals surface area contributed by atoms with Gasteiger partial charge in [0.2, 0.25) is 5.24 Å². The lowest BCUT2D eigenvalue weighted by molar-refractivity contribution is -0.116. The van der Waals surface area contributed by atoms with Crippen molar-refractivity contribution < 1.29 is 4.79 Å². The highest BCUT2D eigenvalue weighted by atomic mass is 79.9. The summed E-state index contributed by atoms with van der Waals surface area (Å²) in [5.74, 6) is 0.682. The average Bonchev–Trinajstić information content (AvgIpc) is 2.04. The van der Waals surface area contributed by atoms with Crippen molar-refractivity contribution in [2.24, 2.45) is 11.8 Å². The second-order valence-electron chi connectivity index (χ2n) is 3.37. The fourth-order valence-electron chi connectivity index (χ4n) is 1.69. The molecule has 0 spiro atoms. The van der Waals surface area contributed by atoms with E-state index in [-0.39, 0.29) is 11.2 Å². The monoisotopic (exact) mass is 328 g/mol. The van der Waals surface area contributed by atoms with Crippen LogP contribution in [-0.2, 0) is 4.79 Å². The Bertz CT molecular complexity index is 216. The molecular weight excluding hydrogens is 319 g/mol. The molecule has 1 rings (SSSR count). The Hall–Kier alpha value is 0.660. The lowest BCUT2D eigenvalue weighted by atomic mass is 9.83. The summed E-state index contributed by atoms with van der Waals surface area (Å²) in [4.78, 5) is 10.9. The highest BCUT2D eigenvalue weighted by Gasteiger charge is 2.23. The van der Waals surface area contributed by atoms with Crippen LogP contribution < -0.4 is 0 Å². The summed E-state index contributed by atoms with van der Waals surface area (Å²) in [5.41, 5.74) is 0. The van der Waals surface area contributed by atoms with Gasteiger partial charge in [0, 0.05) is 5.92 Å². The molecule has 0 unspecified atom stereocenters. The van der Waals surface area contributed by atoms with Gasteiger partial charge < -0.3 is 0 Å². The lowest BCUT2D eigenvalue weighted by Gasteiger charge is -2.23. The Morgan fingerprint density at radius 2 is 1.77 bits per heavy atom. The van der Waals surface area contributed by atoms with Gasteiger partial charge in [-0.05, 0) is 75.1 Å². The minimum atomic E-state index is -0.166. The van der Waals surface area contributed by atoms with Gasteiger partial charge in [-0.15, -0.1) is 0 Å². The Balaban J connectivity index is 2.39. The molecule has 0 aromatic rings. The Labute approximate surface area is 100 Å². The fraction of sp³-hybridized carbons (Fsp3) is 0.667. The minimum Gasteiger partial charge on any atom is -0.281 e. The van der Waals surface area contributed by atoms with E-state index in [0.29, 0.717) is 5.92 Å². The standard InChI is InChI=1S/C9H11Br2ClO/c10-8(11)5-6-1-3-7(4-2-6)9(12)13/h5-7H,1-4H2. The van der Waals surface area contributed by atoms with Gasteiger partial charge in [-0.2, -0.15) is 0 Å². The molecule has 0 N–H and O–H groups in total. The van der Waals surface area contributed by atoms with Gasteiger partial charge in [0.1, 0.15) is 0 Å². The minimum absolute atomic E-state index is 0.0976. The van der Waals surface area contributed by atoms with E-state index in [1.54, 1.807) is 0 Å². The van der Waals surface area contributed by atoms with E-state index in [9.17, 15) is 4.79 Å². The Morgan fingerprint density at radius 3 is 2.15 bits per heavy atom. The average molecular weight is 330 g/mol. The van der Waals surface area contributed by atoms with Gasteiger partial charge >= 0.3 is 0 Å². The van der Waals surface area contributed by atoms with E-state index in [1.165, 1.54) is 0 Å². The first-order valence-corrected chi connectivity index (χ1v) is 6.28. The Morgan fingerprint density at radius 1 is 1.23 bits per heavy atom. The van der Waals surface area contributed by atoms with Crippen LogP contribution in [0.3, 0.4) is 0 Å². The van der Waals surface area contributed by atoms with Gasteiger partial charge in [-0.1, -0.05) is 6.08 Å². The van der Waals surface area contributed by atoms with Crippen LogP contribution in [0, 0.1) is 11.8 Å². The highest BCUT2D eigenvalue weighted by molar-refractivity contribution is 9.28. The number of halogens is 3. The molecule has 0 bridgehead atoms. The molecule has 1 aliphatic rings. The summed E-state index contributed by atoms with van der Waals surface area (Å²) >= 11 is 12.1. The summed E-state index contributed by atoms with van der Waals surface area (Å²) in [6.45, 7) is 0. The topological polar surface area (TPSA) is 17.1 Å². The zero-order valence-corrected chi connectivity index (χ0v) is 11.0. The molecule has 0 aromatic heterocycles. The second-order valence-corrected chi connectivity index (χ2v) is 6.52. The highest BCUT2D eigenvalue weighted by Crippen LogP contribution is 2.32. The van der Waals surface area contributed by atoms with Crippen molar-refractivity contribution in [1.82, 2.24) is 0 Å². The molecule has 0 aromatic carbocycles. The van der Waals surface area contributed by atoms with E-state index in [2.05, 4.69) is 37.9 Å². The van der Waals surface area contributed by atoms with Crippen LogP contribution in [-0.4, -0.2) is 5.24 Å². The molecule has 0 radical (unpaired) electrons. The van der Waals surface area contributed by atoms with Crippen molar-refractivity contribution in [3.8, 4) is 0 Å². The maximum absolute atomic E-state index is 10.9. The number of hydrogen-bond donors (Lipinski definition) is 0. The summed E-state index contributed by atoms with van der Waals surface area (Å²) in [6.07, 6.45) is 6.12. The van der Waals surface area contributed by atoms with Crippen molar-refractivity contribution in [2.75, 3.05) is 0 Å². The third-order valence-electron chi connectivity index (χ3n) is 2.45. The molecule has 0 atom stereocenters. The van der Waals surface area contributed by atoms with E-state index < -0.39 is 0 Å². The molecule has 1 fully saturated rings. The van der Waals surface area contributed by atoms with E-state index >= 15 is 0 Å². The molecule has 0 aliphatic heterocycles. The molecule has 0 heterocycles. The SMILES string of the molecule is O=C(Cl)C1CCC(C=C(Br)Br)CC1. The summed E-state index contributed by atoms with van der Waals surface area (Å²) < 4.78 is 1.00. The zero-order valence-electron chi connectivity index (χ0n) is 7.10. The molecular formula is C9H11Br2ClO. The van der Waals surface area contributed by atoms with E-state index in [0.717, 1.165) is 29.1 Å². The van der Waals surface area contributed by atoms with Crippen molar-refractivity contribution >= 4 is 48.7 Å². The predicted molar refractivity (Wildman–Crippen MR) is 62.2 cm³/mol. The molecule has 1 nitrogen and oxygen atoms in total. The largest absolute Gasteiger partial charge is 0.281 e. The molecule has 13 heavy (non-hydrogen) atoms. The first-order chi connectivity index (χ1) is 6.09. The maximum Gasteiger partial charge on any atom is 0.224 e. The van der Waals surface area contributed by atoms with E-state index in [1.807, 2.05) is 0 Å². The summed E-state index contributed by atoms with van der Waals surface area (Å²) in [5, 5.41) is -0.166. The quantitative estimate of drug-likeness (QED) is 0.694. The molecule has 74 valence electrons. The molecule has 0 amide bonds. The Kier molecular flexibility index (Phi) is 4.98. The van der Waals surface area contributed by atoms with Crippen molar-refractivity contribution in [2.45, 2.75) is 25.7 Å². The predicted octanol–water partition coefficient (Wildman–Crippen LogP) is 4.19. The van der Waals surface area contributed by atoms with Crippen LogP contribution in [0.5, 0.6) is 0 Å². The first kappa shape index (κ1) is 11.7. The molecule has 0 saturated heterocycles. The van der Waals surface area contributed by atoms with E-state index in [4.69, 9.17) is 11.6 Å². The number of rotatable bonds is 2. The maximum atomic E-state index is 10.9. The third-order valence-corrected chi connectivity index (χ3v) is 3.29. The molecule has 1 aliphatic carbocycles. The van der Waals surface area contributed by atoms with Crippen molar-refractivity contribution in [3.05, 3.63) is 9.47 Å². The second kappa shape index (κ2) is 5.52. The number of carbonyl (C=O) groups excluding carboxylic acids is 1. The molecule has 4 heteroatoms. The summed E-state index contributed by atoms with van der Waals surface area (Å²) in [6, 6.07) is 0. The van der Waals surface area contributed by atoms with Crippen LogP contribution >= 0.6 is 43.5 Å². The van der Waals surface area contributed by atoms with Crippen LogP contribution in [0.15, 0.2) is 9.47 Å². The lowest BCUT2D eigenvalue weighted by Crippen LogP contribution is -2.17. The zero-order chi connectivity index (χ0) is 9.84. The number of carbonyl (C=O) groups is 1.